The minimum absolute atomic E-state index is 0.0812. The van der Waals surface area contributed by atoms with E-state index in [0.29, 0.717) is 49.4 Å². The summed E-state index contributed by atoms with van der Waals surface area (Å²) in [5.74, 6) is -3.21. The number of carbonyl (C=O) groups is 3. The topological polar surface area (TPSA) is 168 Å². The summed E-state index contributed by atoms with van der Waals surface area (Å²) in [5, 5.41) is 0.902. The standard InChI is InChI=1S/C27H23O6.3C3H5O.3Co.3O/c1-20(17-31-25(28)21-11-5-2-6-12-21)24(18-32-26(29)22-13-7-3-8-14-22)19-33-27(30)23-15-9-4-10-16-23;3*1-3-2-4-3;;;;;;/h2-11,13,15,20,24H,17-19H2,1H3;3*3H,1-2H2;;;;;;. The van der Waals surface area contributed by atoms with Gasteiger partial charge in [0.1, 0.15) is 0 Å². The van der Waals surface area contributed by atoms with E-state index in [2.05, 4.69) is 0 Å². The van der Waals surface area contributed by atoms with Crippen LogP contribution in [-0.2, 0) is 80.8 Å². The van der Waals surface area contributed by atoms with Gasteiger partial charge >= 0.3 is 309 Å². The van der Waals surface area contributed by atoms with Gasteiger partial charge in [0.2, 0.25) is 0 Å². The molecule has 0 N–H and O–H groups in total. The maximum absolute atomic E-state index is 13.3. The number of carbonyl (C=O) groups excluding carboxylic acids is 3. The predicted molar refractivity (Wildman–Crippen MR) is 167 cm³/mol. The van der Waals surface area contributed by atoms with Crippen molar-refractivity contribution in [3.8, 4) is 0 Å². The molecule has 0 aliphatic carbocycles. The second-order valence-electron chi connectivity index (χ2n) is 12.0. The van der Waals surface area contributed by atoms with Crippen LogP contribution < -0.4 is 13.5 Å². The van der Waals surface area contributed by atoms with E-state index in [9.17, 15) is 26.0 Å². The zero-order valence-corrected chi connectivity index (χ0v) is 30.7. The van der Waals surface area contributed by atoms with E-state index in [1.54, 1.807) is 79.7 Å². The fourth-order valence-electron chi connectivity index (χ4n) is 4.72. The van der Waals surface area contributed by atoms with Crippen molar-refractivity contribution in [1.82, 2.24) is 0 Å². The summed E-state index contributed by atoms with van der Waals surface area (Å²) >= 11 is -5.61. The number of ether oxygens (including phenoxy) is 6. The molecule has 3 aromatic carbocycles. The van der Waals surface area contributed by atoms with Crippen LogP contribution in [0.1, 0.15) is 38.0 Å². The molecular weight excluding hydrogens is 801 g/mol. The Morgan fingerprint density at radius 1 is 0.569 bits per heavy atom. The van der Waals surface area contributed by atoms with E-state index in [-0.39, 0.29) is 54.8 Å². The monoisotopic (exact) mass is 839 g/mol. The van der Waals surface area contributed by atoms with Gasteiger partial charge in [-0.3, -0.25) is 0 Å². The van der Waals surface area contributed by atoms with Crippen molar-refractivity contribution >= 4 is 31.4 Å². The molecule has 3 heterocycles. The molecule has 0 amide bonds. The number of hydrogen-bond donors (Lipinski definition) is 0. The Kier molecular flexibility index (Phi) is 13.0. The molecule has 51 heavy (non-hydrogen) atoms. The zero-order valence-electron chi connectivity index (χ0n) is 27.6. The Labute approximate surface area is 307 Å². The molecular formula is C36H38Co3O12. The van der Waals surface area contributed by atoms with Crippen LogP contribution in [0.4, 0.5) is 0 Å². The van der Waals surface area contributed by atoms with Crippen molar-refractivity contribution in [2.24, 2.45) is 11.8 Å². The van der Waals surface area contributed by atoms with Crippen LogP contribution in [0.25, 0.3) is 0 Å². The van der Waals surface area contributed by atoms with E-state index < -0.39 is 70.5 Å². The molecule has 4 atom stereocenters. The Morgan fingerprint density at radius 2 is 0.863 bits per heavy atom. The number of epoxide rings is 3. The first-order valence-electron chi connectivity index (χ1n) is 16.1. The van der Waals surface area contributed by atoms with Gasteiger partial charge in [0.25, 0.3) is 0 Å². The first-order chi connectivity index (χ1) is 24.7. The summed E-state index contributed by atoms with van der Waals surface area (Å²) < 4.78 is 72.8. The van der Waals surface area contributed by atoms with Crippen LogP contribution in [0.2, 0.25) is 16.1 Å². The predicted octanol–water partition coefficient (Wildman–Crippen LogP) is 3.03. The van der Waals surface area contributed by atoms with E-state index in [0.717, 1.165) is 0 Å². The first-order valence-corrected chi connectivity index (χ1v) is 21.1. The molecule has 0 radical (unpaired) electrons. The molecule has 0 aromatic heterocycles. The van der Waals surface area contributed by atoms with Crippen molar-refractivity contribution < 1.29 is 95.2 Å². The van der Waals surface area contributed by atoms with Crippen molar-refractivity contribution in [2.75, 3.05) is 39.6 Å². The van der Waals surface area contributed by atoms with E-state index in [1.807, 2.05) is 0 Å². The maximum atomic E-state index is 13.3. The Morgan fingerprint density at radius 3 is 1.18 bits per heavy atom. The molecule has 15 heteroatoms. The SMILES string of the molecule is CC(COC(=O)c1cccc[c]1[Co](=[O])[CH2]C1CO1)C(COC(=O)c1cccc[c]1[Co](=[O])[CH2]C1CO1)COC(=O)c1cccc[c]1[Co](=[O])[CH2]C1CO1. The first kappa shape index (κ1) is 37.6. The molecule has 12 nitrogen and oxygen atoms in total. The molecule has 3 aliphatic heterocycles. The number of hydrogen-bond acceptors (Lipinski definition) is 12. The zero-order chi connectivity index (χ0) is 35.9. The number of esters is 3. The van der Waals surface area contributed by atoms with Crippen LogP contribution in [0, 0.1) is 11.8 Å². The fraction of sp³-hybridized carbons (Fsp3) is 0.417. The van der Waals surface area contributed by atoms with E-state index in [4.69, 9.17) is 28.4 Å². The minimum atomic E-state index is -1.88. The third-order valence-electron chi connectivity index (χ3n) is 8.00. The molecule has 0 saturated carbocycles. The van der Waals surface area contributed by atoms with Gasteiger partial charge in [0.05, 0.1) is 0 Å². The molecule has 3 aliphatic rings. The van der Waals surface area contributed by atoms with Gasteiger partial charge in [0.15, 0.2) is 0 Å². The quantitative estimate of drug-likeness (QED) is 0.0986. The Bertz CT molecular complexity index is 1730. The van der Waals surface area contributed by atoms with Crippen LogP contribution >= 0.6 is 0 Å². The molecule has 3 fully saturated rings. The van der Waals surface area contributed by atoms with Crippen molar-refractivity contribution in [2.45, 2.75) is 41.3 Å². The van der Waals surface area contributed by atoms with E-state index in [1.165, 1.54) is 0 Å². The van der Waals surface area contributed by atoms with Gasteiger partial charge < -0.3 is 0 Å². The molecule has 3 saturated heterocycles. The molecule has 0 spiro atoms. The summed E-state index contributed by atoms with van der Waals surface area (Å²) in [6.07, 6.45) is -0.268. The molecule has 281 valence electrons. The van der Waals surface area contributed by atoms with Crippen molar-refractivity contribution in [3.05, 3.63) is 89.5 Å². The molecule has 0 bridgehead atoms. The summed E-state index contributed by atoms with van der Waals surface area (Å²) in [6.45, 7) is 2.79. The fourth-order valence-corrected chi connectivity index (χ4v) is 9.83. The second kappa shape index (κ2) is 17.6. The van der Waals surface area contributed by atoms with E-state index >= 15 is 0 Å². The van der Waals surface area contributed by atoms with Crippen molar-refractivity contribution in [1.29, 1.82) is 0 Å². The molecule has 4 unspecified atom stereocenters. The number of benzene rings is 3. The Hall–Kier alpha value is -3.13. The third-order valence-corrected chi connectivity index (χ3v) is 13.8. The molecule has 6 rings (SSSR count). The second-order valence-corrected chi connectivity index (χ2v) is 17.6. The van der Waals surface area contributed by atoms with Gasteiger partial charge in [-0.2, -0.15) is 0 Å². The third kappa shape index (κ3) is 10.7. The van der Waals surface area contributed by atoms with Crippen molar-refractivity contribution in [3.63, 3.8) is 0 Å². The van der Waals surface area contributed by atoms with Crippen LogP contribution in [-0.4, -0.2) is 75.9 Å². The van der Waals surface area contributed by atoms with Crippen LogP contribution in [0.15, 0.2) is 72.8 Å². The van der Waals surface area contributed by atoms with Crippen LogP contribution in [0.3, 0.4) is 0 Å². The van der Waals surface area contributed by atoms with Gasteiger partial charge in [-0.25, -0.2) is 0 Å². The average molecular weight is 839 g/mol. The summed E-state index contributed by atoms with van der Waals surface area (Å²) in [6, 6.07) is 19.6. The summed E-state index contributed by atoms with van der Waals surface area (Å²) in [5.41, 5.74) is 0.504. The number of rotatable bonds is 19. The normalized spacial score (nSPS) is 20.6. The van der Waals surface area contributed by atoms with Gasteiger partial charge in [-0.1, -0.05) is 0 Å². The van der Waals surface area contributed by atoms with Gasteiger partial charge in [-0.05, 0) is 0 Å². The Balaban J connectivity index is 1.14. The van der Waals surface area contributed by atoms with Gasteiger partial charge in [0, 0.05) is 0 Å². The van der Waals surface area contributed by atoms with Gasteiger partial charge in [-0.15, -0.1) is 0 Å². The van der Waals surface area contributed by atoms with Crippen LogP contribution in [0.5, 0.6) is 0 Å². The molecule has 3 aromatic rings. The summed E-state index contributed by atoms with van der Waals surface area (Å²) in [4.78, 5) is 39.9. The summed E-state index contributed by atoms with van der Waals surface area (Å²) in [7, 11) is 0. The average Bonchev–Trinajstić information content (AvgIpc) is 3.98.